The van der Waals surface area contributed by atoms with E-state index in [1.54, 1.807) is 6.07 Å². The largest absolute Gasteiger partial charge is 0.496 e. The number of hydrogen-bond donors (Lipinski definition) is 1. The number of rotatable bonds is 8. The topological polar surface area (TPSA) is 55.4 Å². The Bertz CT molecular complexity index is 1040. The normalized spacial score (nSPS) is 11.6. The predicted octanol–water partition coefficient (Wildman–Crippen LogP) is 4.13. The Labute approximate surface area is 173 Å². The van der Waals surface area contributed by atoms with Crippen molar-refractivity contribution in [2.45, 2.75) is 18.9 Å². The Hall–Kier alpha value is -3.54. The Kier molecular flexibility index (Phi) is 6.91. The second-order valence-corrected chi connectivity index (χ2v) is 6.79. The standard InChI is InChI=1S/C24H21F2NO3/c1-30-23-12-11-18(25)14-17(23)15-22(28)21(13-16-7-3-2-4-8-16)27-24(29)19-9-5-6-10-20(19)26/h2-12,14,21H,13,15H2,1H3,(H,27,29). The van der Waals surface area contributed by atoms with Gasteiger partial charge < -0.3 is 10.1 Å². The summed E-state index contributed by atoms with van der Waals surface area (Å²) in [6.45, 7) is 0. The van der Waals surface area contributed by atoms with Crippen molar-refractivity contribution in [2.24, 2.45) is 0 Å². The molecule has 0 heterocycles. The summed E-state index contributed by atoms with van der Waals surface area (Å²) >= 11 is 0. The van der Waals surface area contributed by atoms with Crippen molar-refractivity contribution < 1.29 is 23.1 Å². The molecule has 4 nitrogen and oxygen atoms in total. The Morgan fingerprint density at radius 2 is 1.67 bits per heavy atom. The summed E-state index contributed by atoms with van der Waals surface area (Å²) in [5.41, 5.74) is 1.06. The number of Topliss-reactive ketones (excluding diaryl/α,β-unsaturated/α-hetero) is 1. The van der Waals surface area contributed by atoms with Gasteiger partial charge in [0.25, 0.3) is 5.91 Å². The average Bonchev–Trinajstić information content (AvgIpc) is 2.74. The second kappa shape index (κ2) is 9.78. The minimum atomic E-state index is -0.924. The van der Waals surface area contributed by atoms with Gasteiger partial charge in [0.05, 0.1) is 18.7 Å². The zero-order valence-corrected chi connectivity index (χ0v) is 16.4. The van der Waals surface area contributed by atoms with Crippen molar-refractivity contribution >= 4 is 11.7 Å². The van der Waals surface area contributed by atoms with Gasteiger partial charge >= 0.3 is 0 Å². The molecule has 1 unspecified atom stereocenters. The lowest BCUT2D eigenvalue weighted by molar-refractivity contribution is -0.120. The van der Waals surface area contributed by atoms with E-state index in [0.717, 1.165) is 5.56 Å². The van der Waals surface area contributed by atoms with E-state index in [0.29, 0.717) is 11.3 Å². The van der Waals surface area contributed by atoms with Crippen LogP contribution in [0, 0.1) is 11.6 Å². The Balaban J connectivity index is 1.85. The molecule has 3 rings (SSSR count). The fourth-order valence-corrected chi connectivity index (χ4v) is 3.17. The molecule has 0 fully saturated rings. The first-order chi connectivity index (χ1) is 14.5. The SMILES string of the molecule is COc1ccc(F)cc1CC(=O)C(Cc1ccccc1)NC(=O)c1ccccc1F. The molecule has 0 radical (unpaired) electrons. The summed E-state index contributed by atoms with van der Waals surface area (Å²) in [5, 5.41) is 2.63. The molecule has 6 heteroatoms. The van der Waals surface area contributed by atoms with Crippen molar-refractivity contribution in [2.75, 3.05) is 7.11 Å². The van der Waals surface area contributed by atoms with Crippen molar-refractivity contribution in [1.29, 1.82) is 0 Å². The van der Waals surface area contributed by atoms with Crippen LogP contribution in [0.2, 0.25) is 0 Å². The van der Waals surface area contributed by atoms with Gasteiger partial charge in [-0.15, -0.1) is 0 Å². The summed E-state index contributed by atoms with van der Waals surface area (Å²) in [5.74, 6) is -1.81. The van der Waals surface area contributed by atoms with Gasteiger partial charge in [-0.1, -0.05) is 42.5 Å². The molecule has 3 aromatic rings. The zero-order valence-electron chi connectivity index (χ0n) is 16.4. The maximum Gasteiger partial charge on any atom is 0.254 e. The Morgan fingerprint density at radius 1 is 0.967 bits per heavy atom. The fourth-order valence-electron chi connectivity index (χ4n) is 3.17. The van der Waals surface area contributed by atoms with Gasteiger partial charge in [0.15, 0.2) is 5.78 Å². The Morgan fingerprint density at radius 3 is 2.37 bits per heavy atom. The molecule has 1 amide bonds. The highest BCUT2D eigenvalue weighted by atomic mass is 19.1. The van der Waals surface area contributed by atoms with Gasteiger partial charge in [-0.05, 0) is 42.3 Å². The number of amides is 1. The smallest absolute Gasteiger partial charge is 0.254 e. The van der Waals surface area contributed by atoms with E-state index in [1.807, 2.05) is 30.3 Å². The fraction of sp³-hybridized carbons (Fsp3) is 0.167. The van der Waals surface area contributed by atoms with Crippen LogP contribution in [0.15, 0.2) is 72.8 Å². The summed E-state index contributed by atoms with van der Waals surface area (Å²) in [6.07, 6.45) is 0.0769. The van der Waals surface area contributed by atoms with E-state index in [9.17, 15) is 18.4 Å². The summed E-state index contributed by atoms with van der Waals surface area (Å²) in [4.78, 5) is 25.7. The molecule has 154 valence electrons. The van der Waals surface area contributed by atoms with E-state index in [4.69, 9.17) is 4.74 Å². The molecule has 0 saturated carbocycles. The van der Waals surface area contributed by atoms with E-state index in [1.165, 1.54) is 43.5 Å². The van der Waals surface area contributed by atoms with Gasteiger partial charge in [0.1, 0.15) is 17.4 Å². The first kappa shape index (κ1) is 21.2. The maximum atomic E-state index is 14.0. The highest BCUT2D eigenvalue weighted by Crippen LogP contribution is 2.21. The highest BCUT2D eigenvalue weighted by molar-refractivity contribution is 5.98. The van der Waals surface area contributed by atoms with Gasteiger partial charge in [-0.3, -0.25) is 9.59 Å². The third-order valence-electron chi connectivity index (χ3n) is 4.70. The van der Waals surface area contributed by atoms with Gasteiger partial charge in [-0.2, -0.15) is 0 Å². The maximum absolute atomic E-state index is 14.0. The zero-order chi connectivity index (χ0) is 21.5. The average molecular weight is 409 g/mol. The van der Waals surface area contributed by atoms with Crippen LogP contribution >= 0.6 is 0 Å². The number of ether oxygens (including phenoxy) is 1. The van der Waals surface area contributed by atoms with Crippen LogP contribution in [0.4, 0.5) is 8.78 Å². The van der Waals surface area contributed by atoms with E-state index in [2.05, 4.69) is 5.32 Å². The third-order valence-corrected chi connectivity index (χ3v) is 4.70. The molecule has 30 heavy (non-hydrogen) atoms. The molecular weight excluding hydrogens is 388 g/mol. The highest BCUT2D eigenvalue weighted by Gasteiger charge is 2.24. The summed E-state index contributed by atoms with van der Waals surface area (Å²) in [7, 11) is 1.43. The lowest BCUT2D eigenvalue weighted by atomic mass is 9.96. The van der Waals surface area contributed by atoms with Crippen molar-refractivity contribution in [3.05, 3.63) is 101 Å². The second-order valence-electron chi connectivity index (χ2n) is 6.79. The van der Waals surface area contributed by atoms with Crippen LogP contribution in [0.1, 0.15) is 21.5 Å². The molecule has 0 bridgehead atoms. The molecule has 0 aromatic heterocycles. The summed E-state index contributed by atoms with van der Waals surface area (Å²) in [6, 6.07) is 17.7. The van der Waals surface area contributed by atoms with Crippen molar-refractivity contribution in [3.8, 4) is 5.75 Å². The lowest BCUT2D eigenvalue weighted by Gasteiger charge is -2.19. The number of carbonyl (C=O) groups excluding carboxylic acids is 2. The minimum absolute atomic E-state index is 0.143. The summed E-state index contributed by atoms with van der Waals surface area (Å²) < 4.78 is 32.9. The molecule has 0 spiro atoms. The van der Waals surface area contributed by atoms with Crippen LogP contribution in [0.5, 0.6) is 5.75 Å². The molecule has 1 atom stereocenters. The number of methoxy groups -OCH3 is 1. The number of halogens is 2. The van der Waals surface area contributed by atoms with Gasteiger partial charge in [0.2, 0.25) is 0 Å². The number of nitrogens with one attached hydrogen (secondary N) is 1. The van der Waals surface area contributed by atoms with E-state index in [-0.39, 0.29) is 24.2 Å². The van der Waals surface area contributed by atoms with Gasteiger partial charge in [-0.25, -0.2) is 8.78 Å². The van der Waals surface area contributed by atoms with Crippen molar-refractivity contribution in [1.82, 2.24) is 5.32 Å². The first-order valence-electron chi connectivity index (χ1n) is 9.42. The van der Waals surface area contributed by atoms with Crippen LogP contribution in [0.25, 0.3) is 0 Å². The van der Waals surface area contributed by atoms with E-state index < -0.39 is 23.6 Å². The molecule has 0 saturated heterocycles. The third kappa shape index (κ3) is 5.29. The number of ketones is 1. The molecular formula is C24H21F2NO3. The first-order valence-corrected chi connectivity index (χ1v) is 9.42. The predicted molar refractivity (Wildman–Crippen MR) is 109 cm³/mol. The quantitative estimate of drug-likeness (QED) is 0.609. The van der Waals surface area contributed by atoms with Crippen LogP contribution in [-0.4, -0.2) is 24.8 Å². The monoisotopic (exact) mass is 409 g/mol. The minimum Gasteiger partial charge on any atom is -0.496 e. The lowest BCUT2D eigenvalue weighted by Crippen LogP contribution is -2.43. The number of benzene rings is 3. The molecule has 1 N–H and O–H groups in total. The van der Waals surface area contributed by atoms with Crippen LogP contribution in [0.3, 0.4) is 0 Å². The molecule has 3 aromatic carbocycles. The molecule has 0 aliphatic heterocycles. The molecule has 0 aliphatic rings. The van der Waals surface area contributed by atoms with Crippen LogP contribution in [-0.2, 0) is 17.6 Å². The number of carbonyl (C=O) groups is 2. The number of hydrogen-bond acceptors (Lipinski definition) is 3. The van der Waals surface area contributed by atoms with Crippen molar-refractivity contribution in [3.63, 3.8) is 0 Å². The van der Waals surface area contributed by atoms with Gasteiger partial charge in [0, 0.05) is 12.0 Å². The van der Waals surface area contributed by atoms with E-state index >= 15 is 0 Å². The molecule has 0 aliphatic carbocycles. The van der Waals surface area contributed by atoms with Crippen LogP contribution < -0.4 is 10.1 Å².